The van der Waals surface area contributed by atoms with E-state index in [9.17, 15) is 15.2 Å². The Balaban J connectivity index is 2.02. The highest BCUT2D eigenvalue weighted by molar-refractivity contribution is 5.56. The van der Waals surface area contributed by atoms with Crippen LogP contribution in [0.5, 0.6) is 5.75 Å². The fourth-order valence-corrected chi connectivity index (χ4v) is 1.81. The molecular formula is C14H15N3O3. The summed E-state index contributed by atoms with van der Waals surface area (Å²) in [7, 11) is 0. The van der Waals surface area contributed by atoms with Crippen LogP contribution in [0.1, 0.15) is 11.3 Å². The van der Waals surface area contributed by atoms with E-state index in [4.69, 9.17) is 0 Å². The highest BCUT2D eigenvalue weighted by Gasteiger charge is 2.14. The fourth-order valence-electron chi connectivity index (χ4n) is 1.81. The maximum atomic E-state index is 10.9. The first kappa shape index (κ1) is 13.8. The lowest BCUT2D eigenvalue weighted by Crippen LogP contribution is -2.09. The van der Waals surface area contributed by atoms with Crippen LogP contribution in [-0.4, -0.2) is 21.6 Å². The predicted octanol–water partition coefficient (Wildman–Crippen LogP) is 2.66. The van der Waals surface area contributed by atoms with Gasteiger partial charge in [-0.3, -0.25) is 10.1 Å². The Kier molecular flexibility index (Phi) is 4.14. The standard InChI is InChI=1S/C14H15N3O3/c1-10-2-7-13(17(19)20)14(16-10)15-9-8-11-3-5-12(18)6-4-11/h2-7,18H,8-9H2,1H3,(H,15,16). The average molecular weight is 273 g/mol. The molecule has 1 heterocycles. The third-order valence-electron chi connectivity index (χ3n) is 2.85. The van der Waals surface area contributed by atoms with Gasteiger partial charge in [0.05, 0.1) is 4.92 Å². The molecular weight excluding hydrogens is 258 g/mol. The number of aryl methyl sites for hydroxylation is 1. The van der Waals surface area contributed by atoms with Crippen molar-refractivity contribution in [3.05, 3.63) is 57.8 Å². The summed E-state index contributed by atoms with van der Waals surface area (Å²) in [5, 5.41) is 23.1. The van der Waals surface area contributed by atoms with Crippen molar-refractivity contribution >= 4 is 11.5 Å². The van der Waals surface area contributed by atoms with Crippen molar-refractivity contribution < 1.29 is 10.0 Å². The van der Waals surface area contributed by atoms with E-state index in [-0.39, 0.29) is 17.3 Å². The number of phenolic OH excluding ortho intramolecular Hbond substituents is 1. The summed E-state index contributed by atoms with van der Waals surface area (Å²) in [6.45, 7) is 2.32. The first-order valence-corrected chi connectivity index (χ1v) is 6.20. The molecule has 6 nitrogen and oxygen atoms in total. The molecule has 1 aromatic carbocycles. The number of pyridine rings is 1. The summed E-state index contributed by atoms with van der Waals surface area (Å²) in [5.74, 6) is 0.506. The molecule has 20 heavy (non-hydrogen) atoms. The van der Waals surface area contributed by atoms with E-state index in [1.165, 1.54) is 6.07 Å². The summed E-state index contributed by atoms with van der Waals surface area (Å²) in [4.78, 5) is 14.6. The van der Waals surface area contributed by atoms with Crippen LogP contribution in [0.15, 0.2) is 36.4 Å². The number of aromatic hydroxyl groups is 1. The van der Waals surface area contributed by atoms with Crippen molar-refractivity contribution in [1.82, 2.24) is 4.98 Å². The Morgan fingerprint density at radius 1 is 1.25 bits per heavy atom. The number of nitrogens with one attached hydrogen (secondary N) is 1. The Morgan fingerprint density at radius 3 is 2.60 bits per heavy atom. The van der Waals surface area contributed by atoms with Gasteiger partial charge in [-0.25, -0.2) is 4.98 Å². The average Bonchev–Trinajstić information content (AvgIpc) is 2.41. The molecule has 2 N–H and O–H groups in total. The number of rotatable bonds is 5. The van der Waals surface area contributed by atoms with Gasteiger partial charge in [0.2, 0.25) is 5.82 Å². The van der Waals surface area contributed by atoms with Gasteiger partial charge < -0.3 is 10.4 Å². The third kappa shape index (κ3) is 3.44. The first-order chi connectivity index (χ1) is 9.56. The molecule has 2 rings (SSSR count). The van der Waals surface area contributed by atoms with E-state index in [1.54, 1.807) is 25.1 Å². The van der Waals surface area contributed by atoms with Crippen molar-refractivity contribution in [3.8, 4) is 5.75 Å². The summed E-state index contributed by atoms with van der Waals surface area (Å²) in [6.07, 6.45) is 0.688. The number of nitrogens with zero attached hydrogens (tertiary/aromatic N) is 2. The van der Waals surface area contributed by atoms with Gasteiger partial charge in [0.25, 0.3) is 0 Å². The van der Waals surface area contributed by atoms with E-state index >= 15 is 0 Å². The number of benzene rings is 1. The number of nitro groups is 1. The summed E-state index contributed by atoms with van der Waals surface area (Å²) >= 11 is 0. The van der Waals surface area contributed by atoms with Crippen LogP contribution in [0, 0.1) is 17.0 Å². The Morgan fingerprint density at radius 2 is 1.95 bits per heavy atom. The number of anilines is 1. The van der Waals surface area contributed by atoms with Crippen molar-refractivity contribution in [2.75, 3.05) is 11.9 Å². The van der Waals surface area contributed by atoms with E-state index < -0.39 is 4.92 Å². The van der Waals surface area contributed by atoms with Gasteiger partial charge >= 0.3 is 5.69 Å². The summed E-state index contributed by atoms with van der Waals surface area (Å²) in [6, 6.07) is 9.92. The van der Waals surface area contributed by atoms with Crippen LogP contribution in [0.2, 0.25) is 0 Å². The molecule has 0 atom stereocenters. The third-order valence-corrected chi connectivity index (χ3v) is 2.85. The molecule has 2 aromatic rings. The minimum Gasteiger partial charge on any atom is -0.508 e. The number of hydrogen-bond donors (Lipinski definition) is 2. The molecule has 0 amide bonds. The van der Waals surface area contributed by atoms with Crippen LogP contribution >= 0.6 is 0 Å². The van der Waals surface area contributed by atoms with Crippen molar-refractivity contribution in [1.29, 1.82) is 0 Å². The highest BCUT2D eigenvalue weighted by atomic mass is 16.6. The molecule has 0 aliphatic heterocycles. The molecule has 0 aliphatic carbocycles. The topological polar surface area (TPSA) is 88.3 Å². The lowest BCUT2D eigenvalue weighted by Gasteiger charge is -2.07. The molecule has 6 heteroatoms. The van der Waals surface area contributed by atoms with E-state index in [1.807, 2.05) is 12.1 Å². The maximum Gasteiger partial charge on any atom is 0.311 e. The van der Waals surface area contributed by atoms with Gasteiger partial charge in [0, 0.05) is 18.3 Å². The van der Waals surface area contributed by atoms with Gasteiger partial charge in [-0.1, -0.05) is 12.1 Å². The highest BCUT2D eigenvalue weighted by Crippen LogP contribution is 2.21. The zero-order valence-corrected chi connectivity index (χ0v) is 11.0. The van der Waals surface area contributed by atoms with Gasteiger partial charge in [0.1, 0.15) is 5.75 Å². The second kappa shape index (κ2) is 6.01. The molecule has 0 unspecified atom stereocenters. The second-order valence-corrected chi connectivity index (χ2v) is 4.42. The minimum atomic E-state index is -0.449. The van der Waals surface area contributed by atoms with Gasteiger partial charge in [-0.15, -0.1) is 0 Å². The fraction of sp³-hybridized carbons (Fsp3) is 0.214. The zero-order chi connectivity index (χ0) is 14.5. The first-order valence-electron chi connectivity index (χ1n) is 6.20. The summed E-state index contributed by atoms with van der Waals surface area (Å²) < 4.78 is 0. The molecule has 0 bridgehead atoms. The Bertz CT molecular complexity index is 612. The number of aromatic nitrogens is 1. The normalized spacial score (nSPS) is 10.2. The van der Waals surface area contributed by atoms with Gasteiger partial charge in [-0.2, -0.15) is 0 Å². The van der Waals surface area contributed by atoms with Gasteiger partial charge in [-0.05, 0) is 37.1 Å². The lowest BCUT2D eigenvalue weighted by molar-refractivity contribution is -0.384. The van der Waals surface area contributed by atoms with Crippen LogP contribution in [0.25, 0.3) is 0 Å². The molecule has 0 radical (unpaired) electrons. The molecule has 104 valence electrons. The Labute approximate surface area is 116 Å². The predicted molar refractivity (Wildman–Crippen MR) is 75.9 cm³/mol. The molecule has 0 saturated carbocycles. The minimum absolute atomic E-state index is 0.0266. The smallest absolute Gasteiger partial charge is 0.311 e. The summed E-state index contributed by atoms with van der Waals surface area (Å²) in [5.41, 5.74) is 1.73. The second-order valence-electron chi connectivity index (χ2n) is 4.42. The number of phenols is 1. The molecule has 1 aromatic heterocycles. The van der Waals surface area contributed by atoms with Crippen molar-refractivity contribution in [2.45, 2.75) is 13.3 Å². The quantitative estimate of drug-likeness (QED) is 0.645. The van der Waals surface area contributed by atoms with Crippen LogP contribution < -0.4 is 5.32 Å². The van der Waals surface area contributed by atoms with Crippen LogP contribution in [0.3, 0.4) is 0 Å². The van der Waals surface area contributed by atoms with Crippen molar-refractivity contribution in [3.63, 3.8) is 0 Å². The SMILES string of the molecule is Cc1ccc([N+](=O)[O-])c(NCCc2ccc(O)cc2)n1. The molecule has 0 fully saturated rings. The van der Waals surface area contributed by atoms with E-state index in [0.717, 1.165) is 11.3 Å². The molecule has 0 saturated heterocycles. The van der Waals surface area contributed by atoms with Gasteiger partial charge in [0.15, 0.2) is 0 Å². The Hall–Kier alpha value is -2.63. The number of hydrogen-bond acceptors (Lipinski definition) is 5. The monoisotopic (exact) mass is 273 g/mol. The zero-order valence-electron chi connectivity index (χ0n) is 11.0. The lowest BCUT2D eigenvalue weighted by atomic mass is 10.1. The molecule has 0 aliphatic rings. The van der Waals surface area contributed by atoms with Crippen molar-refractivity contribution in [2.24, 2.45) is 0 Å². The van der Waals surface area contributed by atoms with E-state index in [0.29, 0.717) is 13.0 Å². The molecule has 0 spiro atoms. The maximum absolute atomic E-state index is 10.9. The van der Waals surface area contributed by atoms with Crippen LogP contribution in [-0.2, 0) is 6.42 Å². The van der Waals surface area contributed by atoms with Crippen LogP contribution in [0.4, 0.5) is 11.5 Å². The van der Waals surface area contributed by atoms with E-state index in [2.05, 4.69) is 10.3 Å². The largest absolute Gasteiger partial charge is 0.508 e.